The van der Waals surface area contributed by atoms with Gasteiger partial charge in [0.1, 0.15) is 0 Å². The first-order valence-corrected chi connectivity index (χ1v) is 8.16. The quantitative estimate of drug-likeness (QED) is 0.846. The summed E-state index contributed by atoms with van der Waals surface area (Å²) in [5, 5.41) is 0. The van der Waals surface area contributed by atoms with Gasteiger partial charge in [-0.15, -0.1) is 0 Å². The van der Waals surface area contributed by atoms with Crippen LogP contribution in [-0.4, -0.2) is 31.6 Å². The van der Waals surface area contributed by atoms with E-state index < -0.39 is 5.91 Å². The van der Waals surface area contributed by atoms with Gasteiger partial charge < -0.3 is 0 Å². The number of primary amides is 1. The normalized spacial score (nSPS) is 11.1. The minimum absolute atomic E-state index is 0.0196. The van der Waals surface area contributed by atoms with Gasteiger partial charge >= 0.3 is 104 Å². The number of hydrogen-bond donors (Lipinski definition) is 1. The maximum absolute atomic E-state index is 11.0. The number of nitrogens with two attached hydrogens (primary N) is 1. The molecule has 0 fully saturated rings. The van der Waals surface area contributed by atoms with E-state index in [0.29, 0.717) is 4.88 Å². The van der Waals surface area contributed by atoms with Crippen molar-refractivity contribution in [3.8, 4) is 10.6 Å². The molecule has 2 aromatic rings. The zero-order valence-corrected chi connectivity index (χ0v) is 11.2. The van der Waals surface area contributed by atoms with Crippen LogP contribution in [0.25, 0.3) is 10.6 Å². The summed E-state index contributed by atoms with van der Waals surface area (Å²) < 4.78 is 0.891. The number of carbonyl (C=O) groups is 1. The van der Waals surface area contributed by atoms with Crippen LogP contribution in [0.15, 0.2) is 24.4 Å². The average molecular weight is 294 g/mol. The van der Waals surface area contributed by atoms with Crippen molar-refractivity contribution in [3.05, 3.63) is 29.3 Å². The minimum atomic E-state index is -0.396. The average Bonchev–Trinajstić information content (AvgIpc) is 2.78. The Bertz CT molecular complexity index is 526. The Morgan fingerprint density at radius 3 is 2.88 bits per heavy atom. The third-order valence-corrected chi connectivity index (χ3v) is 4.36. The van der Waals surface area contributed by atoms with E-state index in [4.69, 9.17) is 5.73 Å². The summed E-state index contributed by atoms with van der Waals surface area (Å²) in [6, 6.07) is 5.43. The van der Waals surface area contributed by atoms with E-state index in [1.54, 1.807) is 12.3 Å². The zero-order valence-electron chi connectivity index (χ0n) is 8.54. The number of carbonyl (C=O) groups excluding carboxylic acids is 1. The van der Waals surface area contributed by atoms with E-state index in [9.17, 15) is 4.79 Å². The molecule has 0 spiro atoms. The zero-order chi connectivity index (χ0) is 11.5. The van der Waals surface area contributed by atoms with Gasteiger partial charge in [-0.1, -0.05) is 0 Å². The van der Waals surface area contributed by atoms with E-state index in [1.165, 1.54) is 11.3 Å². The Hall–Kier alpha value is -1.19. The Labute approximate surface area is 104 Å². The molecule has 2 aromatic heterocycles. The van der Waals surface area contributed by atoms with Crippen LogP contribution in [-0.2, 0) is 0 Å². The van der Waals surface area contributed by atoms with E-state index in [2.05, 4.69) is 15.7 Å². The van der Waals surface area contributed by atoms with E-state index in [0.717, 1.165) is 15.2 Å². The molecule has 0 bridgehead atoms. The third-order valence-electron chi connectivity index (χ3n) is 1.94. The predicted molar refractivity (Wildman–Crippen MR) is 65.1 cm³/mol. The monoisotopic (exact) mass is 294 g/mol. The van der Waals surface area contributed by atoms with Crippen molar-refractivity contribution in [1.82, 2.24) is 9.97 Å². The number of nitrogens with zero attached hydrogens (tertiary/aromatic N) is 2. The van der Waals surface area contributed by atoms with Gasteiger partial charge in [0.2, 0.25) is 0 Å². The summed E-state index contributed by atoms with van der Waals surface area (Å²) in [4.78, 5) is 21.1. The Balaban J connectivity index is 2.38. The molecule has 0 saturated carbocycles. The van der Waals surface area contributed by atoms with Crippen LogP contribution < -0.4 is 10.3 Å². The molecule has 0 aliphatic rings. The molecule has 2 rings (SSSR count). The van der Waals surface area contributed by atoms with Gasteiger partial charge in [0, 0.05) is 0 Å². The van der Waals surface area contributed by atoms with Crippen molar-refractivity contribution >= 4 is 37.6 Å². The van der Waals surface area contributed by atoms with Gasteiger partial charge in [-0.05, 0) is 0 Å². The fourth-order valence-corrected chi connectivity index (χ4v) is 2.85. The van der Waals surface area contributed by atoms with Gasteiger partial charge in [0.05, 0.1) is 0 Å². The van der Waals surface area contributed by atoms with Crippen LogP contribution in [0.1, 0.15) is 9.67 Å². The van der Waals surface area contributed by atoms with E-state index in [1.807, 2.05) is 12.1 Å². The third kappa shape index (κ3) is 2.31. The Kier molecular flexibility index (Phi) is 3.36. The van der Waals surface area contributed by atoms with Crippen LogP contribution in [0.4, 0.5) is 0 Å². The van der Waals surface area contributed by atoms with Crippen LogP contribution in [0.2, 0.25) is 5.71 Å². The Morgan fingerprint density at radius 2 is 2.25 bits per heavy atom. The second kappa shape index (κ2) is 4.76. The van der Waals surface area contributed by atoms with Gasteiger partial charge in [0.15, 0.2) is 0 Å². The molecule has 6 heteroatoms. The molecule has 0 atom stereocenters. The predicted octanol–water partition coefficient (Wildman–Crippen LogP) is 0.682. The van der Waals surface area contributed by atoms with Gasteiger partial charge in [-0.3, -0.25) is 0 Å². The van der Waals surface area contributed by atoms with Crippen molar-refractivity contribution in [2.24, 2.45) is 5.73 Å². The van der Waals surface area contributed by atoms with Crippen molar-refractivity contribution in [1.29, 1.82) is 0 Å². The SMILES string of the molecule is C[As]c1nccc(-c2ccc(C(N)=O)s2)n1. The Morgan fingerprint density at radius 1 is 1.44 bits per heavy atom. The number of rotatable bonds is 3. The molecule has 0 saturated heterocycles. The molecule has 0 aromatic carbocycles. The molecule has 0 aliphatic carbocycles. The van der Waals surface area contributed by atoms with Gasteiger partial charge in [0.25, 0.3) is 0 Å². The topological polar surface area (TPSA) is 68.9 Å². The van der Waals surface area contributed by atoms with E-state index >= 15 is 0 Å². The first-order chi connectivity index (χ1) is 7.70. The molecule has 1 radical (unpaired) electrons. The number of amides is 1. The molecule has 0 unspecified atom stereocenters. The molecule has 16 heavy (non-hydrogen) atoms. The summed E-state index contributed by atoms with van der Waals surface area (Å²) in [5.41, 5.74) is 8.16. The number of aromatic nitrogens is 2. The molecule has 0 aliphatic heterocycles. The molecular weight excluding hydrogens is 285 g/mol. The second-order valence-electron chi connectivity index (χ2n) is 2.99. The van der Waals surface area contributed by atoms with Crippen LogP contribution >= 0.6 is 11.3 Å². The summed E-state index contributed by atoms with van der Waals surface area (Å²) in [5.74, 6) is -0.396. The van der Waals surface area contributed by atoms with Crippen LogP contribution in [0, 0.1) is 0 Å². The molecular formula is C10H9AsN3OS. The molecule has 4 nitrogen and oxygen atoms in total. The molecule has 81 valence electrons. The summed E-state index contributed by atoms with van der Waals surface area (Å²) in [7, 11) is 0. The van der Waals surface area contributed by atoms with Crippen molar-refractivity contribution in [2.75, 3.05) is 0 Å². The fraction of sp³-hybridized carbons (Fsp3) is 0.100. The number of thiophene rings is 1. The van der Waals surface area contributed by atoms with Crippen LogP contribution in [0.5, 0.6) is 0 Å². The summed E-state index contributed by atoms with van der Waals surface area (Å²) >= 11 is 1.38. The first-order valence-electron chi connectivity index (χ1n) is 4.53. The van der Waals surface area contributed by atoms with E-state index in [-0.39, 0.29) is 15.8 Å². The molecule has 1 amide bonds. The number of hydrogen-bond acceptors (Lipinski definition) is 4. The van der Waals surface area contributed by atoms with Crippen molar-refractivity contribution in [3.63, 3.8) is 0 Å². The van der Waals surface area contributed by atoms with Crippen LogP contribution in [0.3, 0.4) is 0 Å². The van der Waals surface area contributed by atoms with Gasteiger partial charge in [-0.2, -0.15) is 0 Å². The molecule has 2 heterocycles. The maximum atomic E-state index is 11.0. The molecule has 2 N–H and O–H groups in total. The van der Waals surface area contributed by atoms with Crippen molar-refractivity contribution in [2.45, 2.75) is 5.71 Å². The first kappa shape index (κ1) is 11.3. The second-order valence-corrected chi connectivity index (χ2v) is 5.85. The van der Waals surface area contributed by atoms with Crippen molar-refractivity contribution < 1.29 is 4.79 Å². The standard InChI is InChI=1S/C10H9AsN3OS/c1-11-10-13-5-4-6(14-10)7-2-3-8(16-7)9(12)15/h2-5H,1H3,(H2,12,15). The summed E-state index contributed by atoms with van der Waals surface area (Å²) in [6.45, 7) is 0. The fourth-order valence-electron chi connectivity index (χ4n) is 1.20. The summed E-state index contributed by atoms with van der Waals surface area (Å²) in [6.07, 6.45) is 1.75. The van der Waals surface area contributed by atoms with Gasteiger partial charge in [-0.25, -0.2) is 0 Å².